The lowest BCUT2D eigenvalue weighted by Crippen LogP contribution is -2.36. The number of fused-ring (bicyclic) bond motifs is 2. The lowest BCUT2D eigenvalue weighted by Gasteiger charge is -2.32. The summed E-state index contributed by atoms with van der Waals surface area (Å²) in [5.41, 5.74) is 4.67. The molecule has 0 aliphatic heterocycles. The van der Waals surface area contributed by atoms with E-state index in [9.17, 15) is 0 Å². The minimum atomic E-state index is 0.436. The summed E-state index contributed by atoms with van der Waals surface area (Å²) in [6.07, 6.45) is 8.58. The van der Waals surface area contributed by atoms with Crippen LogP contribution >= 0.6 is 0 Å². The van der Waals surface area contributed by atoms with E-state index in [1.165, 1.54) is 12.8 Å². The summed E-state index contributed by atoms with van der Waals surface area (Å²) >= 11 is 0. The lowest BCUT2D eigenvalue weighted by atomic mass is 9.91. The largest absolute Gasteiger partial charge is 0.350 e. The molecule has 8 heteroatoms. The highest BCUT2D eigenvalue weighted by molar-refractivity contribution is 5.82. The molecule has 30 heavy (non-hydrogen) atoms. The van der Waals surface area contributed by atoms with Gasteiger partial charge in [0.1, 0.15) is 11.3 Å². The number of pyridine rings is 1. The Hall–Kier alpha value is -3.00. The summed E-state index contributed by atoms with van der Waals surface area (Å²) < 4.78 is 3.90. The fraction of sp³-hybridized carbons (Fsp3) is 0.455. The van der Waals surface area contributed by atoms with E-state index >= 15 is 0 Å². The van der Waals surface area contributed by atoms with Crippen LogP contribution in [0.15, 0.2) is 30.6 Å². The average molecular weight is 405 g/mol. The van der Waals surface area contributed by atoms with Crippen molar-refractivity contribution in [2.45, 2.75) is 44.7 Å². The molecule has 8 nitrogen and oxygen atoms in total. The summed E-state index contributed by atoms with van der Waals surface area (Å²) in [5.74, 6) is 1.64. The van der Waals surface area contributed by atoms with Gasteiger partial charge in [-0.2, -0.15) is 0 Å². The molecule has 0 spiro atoms. The standard InChI is InChI=1S/C22H28N8/c1-14-24-19-10-9-18(26-21(19)29(14)4)17-11-12-30-20(17)13-23-22(27-30)25-15-5-7-16(8-6-15)28(2)3/h9-13,15-16H,5-8H2,1-4H3,(H,25,27). The monoisotopic (exact) mass is 404 g/mol. The maximum absolute atomic E-state index is 4.84. The first-order chi connectivity index (χ1) is 14.5. The molecule has 0 atom stereocenters. The van der Waals surface area contributed by atoms with Crippen LogP contribution in [0.3, 0.4) is 0 Å². The Morgan fingerprint density at radius 2 is 1.87 bits per heavy atom. The molecule has 1 aliphatic carbocycles. The predicted octanol–water partition coefficient (Wildman–Crippen LogP) is 3.27. The number of imidazole rings is 1. The molecule has 1 aliphatic rings. The van der Waals surface area contributed by atoms with Gasteiger partial charge in [-0.1, -0.05) is 0 Å². The molecular weight excluding hydrogens is 376 g/mol. The number of hydrogen-bond donors (Lipinski definition) is 1. The lowest BCUT2D eigenvalue weighted by molar-refractivity contribution is 0.221. The Kier molecular flexibility index (Phi) is 4.66. The number of aryl methyl sites for hydroxylation is 2. The van der Waals surface area contributed by atoms with Gasteiger partial charge in [-0.3, -0.25) is 0 Å². The zero-order valence-electron chi connectivity index (χ0n) is 18.0. The van der Waals surface area contributed by atoms with Crippen molar-refractivity contribution in [3.05, 3.63) is 36.4 Å². The molecule has 0 radical (unpaired) electrons. The molecule has 156 valence electrons. The van der Waals surface area contributed by atoms with Crippen molar-refractivity contribution in [1.29, 1.82) is 0 Å². The number of hydrogen-bond acceptors (Lipinski definition) is 6. The molecule has 0 unspecified atom stereocenters. The van der Waals surface area contributed by atoms with Crippen molar-refractivity contribution in [1.82, 2.24) is 34.0 Å². The van der Waals surface area contributed by atoms with Crippen molar-refractivity contribution in [2.75, 3.05) is 19.4 Å². The SMILES string of the molecule is Cc1nc2ccc(-c3ccn4nc(NC5CCC(N(C)C)CC5)ncc34)nc2n1C. The van der Waals surface area contributed by atoms with Gasteiger partial charge in [0.05, 0.1) is 17.4 Å². The second kappa shape index (κ2) is 7.36. The minimum Gasteiger partial charge on any atom is -0.350 e. The van der Waals surface area contributed by atoms with Gasteiger partial charge in [-0.05, 0) is 64.9 Å². The molecular formula is C22H28N8. The summed E-state index contributed by atoms with van der Waals surface area (Å²) in [5, 5.41) is 8.22. The van der Waals surface area contributed by atoms with Crippen LogP contribution in [0.5, 0.6) is 0 Å². The summed E-state index contributed by atoms with van der Waals surface area (Å²) in [6.45, 7) is 1.99. The molecule has 0 saturated heterocycles. The van der Waals surface area contributed by atoms with E-state index in [0.29, 0.717) is 18.0 Å². The van der Waals surface area contributed by atoms with Gasteiger partial charge in [0, 0.05) is 30.9 Å². The van der Waals surface area contributed by atoms with Crippen molar-refractivity contribution in [3.63, 3.8) is 0 Å². The van der Waals surface area contributed by atoms with Crippen LogP contribution in [0.4, 0.5) is 5.95 Å². The summed E-state index contributed by atoms with van der Waals surface area (Å²) in [4.78, 5) is 16.3. The van der Waals surface area contributed by atoms with Gasteiger partial charge in [-0.15, -0.1) is 5.10 Å². The Morgan fingerprint density at radius 3 is 2.63 bits per heavy atom. The molecule has 1 N–H and O–H groups in total. The zero-order valence-corrected chi connectivity index (χ0v) is 18.0. The molecule has 1 saturated carbocycles. The molecule has 0 amide bonds. The number of anilines is 1. The van der Waals surface area contributed by atoms with Gasteiger partial charge in [-0.25, -0.2) is 19.5 Å². The Labute approximate surface area is 176 Å². The molecule has 4 aromatic heterocycles. The number of nitrogens with zero attached hydrogens (tertiary/aromatic N) is 7. The number of rotatable bonds is 4. The fourth-order valence-electron chi connectivity index (χ4n) is 4.43. The highest BCUT2D eigenvalue weighted by Crippen LogP contribution is 2.27. The van der Waals surface area contributed by atoms with E-state index in [4.69, 9.17) is 10.1 Å². The Morgan fingerprint density at radius 1 is 1.07 bits per heavy atom. The van der Waals surface area contributed by atoms with Crippen LogP contribution < -0.4 is 5.32 Å². The zero-order chi connectivity index (χ0) is 20.8. The molecule has 5 rings (SSSR count). The third kappa shape index (κ3) is 3.31. The fourth-order valence-corrected chi connectivity index (χ4v) is 4.43. The average Bonchev–Trinajstić information content (AvgIpc) is 3.29. The van der Waals surface area contributed by atoms with Crippen molar-refractivity contribution in [3.8, 4) is 11.3 Å². The predicted molar refractivity (Wildman–Crippen MR) is 119 cm³/mol. The van der Waals surface area contributed by atoms with Crippen LogP contribution in [0.1, 0.15) is 31.5 Å². The normalized spacial score (nSPS) is 19.8. The van der Waals surface area contributed by atoms with Crippen LogP contribution in [0.2, 0.25) is 0 Å². The molecule has 4 heterocycles. The third-order valence-electron chi connectivity index (χ3n) is 6.39. The van der Waals surface area contributed by atoms with E-state index in [-0.39, 0.29) is 0 Å². The maximum atomic E-state index is 4.84. The highest BCUT2D eigenvalue weighted by Gasteiger charge is 2.23. The molecule has 1 fully saturated rings. The van der Waals surface area contributed by atoms with Crippen LogP contribution in [-0.2, 0) is 7.05 Å². The van der Waals surface area contributed by atoms with Crippen LogP contribution in [0.25, 0.3) is 27.9 Å². The van der Waals surface area contributed by atoms with E-state index in [1.807, 2.05) is 53.6 Å². The van der Waals surface area contributed by atoms with Gasteiger partial charge in [0.2, 0.25) is 5.95 Å². The summed E-state index contributed by atoms with van der Waals surface area (Å²) in [6, 6.07) is 7.21. The first kappa shape index (κ1) is 19.0. The molecule has 0 aromatic carbocycles. The number of aromatic nitrogens is 6. The van der Waals surface area contributed by atoms with Crippen molar-refractivity contribution in [2.24, 2.45) is 7.05 Å². The first-order valence-electron chi connectivity index (χ1n) is 10.6. The van der Waals surface area contributed by atoms with Crippen LogP contribution in [-0.4, -0.2) is 60.2 Å². The van der Waals surface area contributed by atoms with Crippen molar-refractivity contribution >= 4 is 22.6 Å². The summed E-state index contributed by atoms with van der Waals surface area (Å²) in [7, 11) is 6.33. The smallest absolute Gasteiger partial charge is 0.241 e. The topological polar surface area (TPSA) is 76.2 Å². The first-order valence-corrected chi connectivity index (χ1v) is 10.6. The van der Waals surface area contributed by atoms with Crippen molar-refractivity contribution < 1.29 is 0 Å². The van der Waals surface area contributed by atoms with Crippen LogP contribution in [0, 0.1) is 6.92 Å². The van der Waals surface area contributed by atoms with E-state index in [0.717, 1.165) is 46.6 Å². The Balaban J connectivity index is 1.39. The van der Waals surface area contributed by atoms with E-state index in [1.54, 1.807) is 0 Å². The highest BCUT2D eigenvalue weighted by atomic mass is 15.3. The van der Waals surface area contributed by atoms with Gasteiger partial charge >= 0.3 is 0 Å². The Bertz CT molecular complexity index is 1200. The molecule has 4 aromatic rings. The van der Waals surface area contributed by atoms with Gasteiger partial charge in [0.15, 0.2) is 5.65 Å². The number of nitrogens with one attached hydrogen (secondary N) is 1. The maximum Gasteiger partial charge on any atom is 0.241 e. The van der Waals surface area contributed by atoms with Gasteiger partial charge in [0.25, 0.3) is 0 Å². The molecule has 0 bridgehead atoms. The minimum absolute atomic E-state index is 0.436. The quantitative estimate of drug-likeness (QED) is 0.563. The van der Waals surface area contributed by atoms with E-state index < -0.39 is 0 Å². The third-order valence-corrected chi connectivity index (χ3v) is 6.39. The van der Waals surface area contributed by atoms with Gasteiger partial charge < -0.3 is 14.8 Å². The van der Waals surface area contributed by atoms with E-state index in [2.05, 4.69) is 34.3 Å². The second-order valence-electron chi connectivity index (χ2n) is 8.51. The second-order valence-corrected chi connectivity index (χ2v) is 8.51.